The lowest BCUT2D eigenvalue weighted by Crippen LogP contribution is -2.22. The molecule has 0 N–H and O–H groups in total. The van der Waals surface area contributed by atoms with Gasteiger partial charge in [0.25, 0.3) is 0 Å². The molecular weight excluding hydrogens is 242 g/mol. The highest BCUT2D eigenvalue weighted by Gasteiger charge is 1.99. The van der Waals surface area contributed by atoms with E-state index >= 15 is 0 Å². The monoisotopic (exact) mass is 257 g/mol. The average molecular weight is 257 g/mol. The van der Waals surface area contributed by atoms with Gasteiger partial charge in [-0.05, 0) is 30.7 Å². The van der Waals surface area contributed by atoms with Gasteiger partial charge in [-0.2, -0.15) is 5.26 Å². The minimum atomic E-state index is -0.0154. The molecule has 98 valence electrons. The maximum atomic E-state index is 11.6. The van der Waals surface area contributed by atoms with E-state index in [0.29, 0.717) is 18.7 Å². The van der Waals surface area contributed by atoms with E-state index in [4.69, 9.17) is 10.00 Å². The number of hydrogen-bond donors (Lipinski definition) is 0. The zero-order valence-corrected chi connectivity index (χ0v) is 10.7. The van der Waals surface area contributed by atoms with Crippen LogP contribution in [0.3, 0.4) is 0 Å². The van der Waals surface area contributed by atoms with Gasteiger partial charge in [-0.3, -0.25) is 4.57 Å². The Balaban J connectivity index is 1.79. The van der Waals surface area contributed by atoms with Crippen molar-refractivity contribution < 1.29 is 4.74 Å². The van der Waals surface area contributed by atoms with Crippen molar-refractivity contribution in [1.82, 2.24) is 9.13 Å². The molecule has 0 radical (unpaired) electrons. The Morgan fingerprint density at radius 1 is 1.26 bits per heavy atom. The number of nitrogens with zero attached hydrogens (tertiary/aromatic N) is 3. The Bertz CT molecular complexity index is 632. The average Bonchev–Trinajstić information content (AvgIpc) is 2.76. The van der Waals surface area contributed by atoms with Gasteiger partial charge >= 0.3 is 5.69 Å². The lowest BCUT2D eigenvalue weighted by Gasteiger charge is -2.06. The quantitative estimate of drug-likeness (QED) is 0.763. The number of rotatable bonds is 5. The molecule has 0 unspecified atom stereocenters. The largest absolute Gasteiger partial charge is 0.494 e. The predicted molar refractivity (Wildman–Crippen MR) is 70.9 cm³/mol. The summed E-state index contributed by atoms with van der Waals surface area (Å²) < 4.78 is 8.74. The third kappa shape index (κ3) is 3.26. The van der Waals surface area contributed by atoms with Crippen LogP contribution in [0.2, 0.25) is 0 Å². The Kier molecular flexibility index (Phi) is 4.04. The van der Waals surface area contributed by atoms with Crippen molar-refractivity contribution in [3.05, 3.63) is 52.7 Å². The Hall–Kier alpha value is -2.48. The van der Waals surface area contributed by atoms with Crippen molar-refractivity contribution in [3.8, 4) is 11.8 Å². The fraction of sp³-hybridized carbons (Fsp3) is 0.286. The third-order valence-electron chi connectivity index (χ3n) is 2.81. The van der Waals surface area contributed by atoms with Crippen LogP contribution in [0.15, 0.2) is 41.5 Å². The molecule has 1 aromatic heterocycles. The summed E-state index contributed by atoms with van der Waals surface area (Å²) in [6.45, 7) is 1.17. The molecule has 2 rings (SSSR count). The van der Waals surface area contributed by atoms with E-state index in [1.54, 1.807) is 52.8 Å². The number of aryl methyl sites for hydroxylation is 2. The minimum Gasteiger partial charge on any atom is -0.494 e. The molecule has 0 bridgehead atoms. The molecule has 0 saturated carbocycles. The molecule has 0 spiro atoms. The summed E-state index contributed by atoms with van der Waals surface area (Å²) in [5.74, 6) is 0.736. The molecule has 5 heteroatoms. The molecule has 1 heterocycles. The zero-order chi connectivity index (χ0) is 13.7. The topological polar surface area (TPSA) is 59.9 Å². The molecule has 2 aromatic rings. The Labute approximate surface area is 111 Å². The van der Waals surface area contributed by atoms with Crippen LogP contribution in [0.5, 0.6) is 5.75 Å². The number of ether oxygens (including phenoxy) is 1. The van der Waals surface area contributed by atoms with E-state index in [9.17, 15) is 4.79 Å². The van der Waals surface area contributed by atoms with Crippen LogP contribution in [-0.4, -0.2) is 15.7 Å². The smallest absolute Gasteiger partial charge is 0.327 e. The highest BCUT2D eigenvalue weighted by molar-refractivity contribution is 5.34. The molecule has 0 atom stereocenters. The number of aromatic nitrogens is 2. The molecule has 19 heavy (non-hydrogen) atoms. The summed E-state index contributed by atoms with van der Waals surface area (Å²) in [5, 5.41) is 8.67. The van der Waals surface area contributed by atoms with Crippen molar-refractivity contribution in [2.24, 2.45) is 7.05 Å². The van der Waals surface area contributed by atoms with Crippen LogP contribution in [0.25, 0.3) is 0 Å². The molecule has 0 fully saturated rings. The van der Waals surface area contributed by atoms with Crippen molar-refractivity contribution >= 4 is 0 Å². The van der Waals surface area contributed by atoms with Crippen molar-refractivity contribution in [2.75, 3.05) is 6.61 Å². The van der Waals surface area contributed by atoms with Crippen LogP contribution in [0.4, 0.5) is 0 Å². The van der Waals surface area contributed by atoms with Gasteiger partial charge in [-0.15, -0.1) is 0 Å². The number of nitriles is 1. The lowest BCUT2D eigenvalue weighted by atomic mass is 10.2. The fourth-order valence-corrected chi connectivity index (χ4v) is 1.73. The van der Waals surface area contributed by atoms with E-state index in [1.165, 1.54) is 0 Å². The van der Waals surface area contributed by atoms with Crippen molar-refractivity contribution in [2.45, 2.75) is 13.0 Å². The first kappa shape index (κ1) is 13.0. The summed E-state index contributed by atoms with van der Waals surface area (Å²) >= 11 is 0. The second kappa shape index (κ2) is 5.91. The van der Waals surface area contributed by atoms with Crippen LogP contribution in [0, 0.1) is 11.3 Å². The van der Waals surface area contributed by atoms with Crippen LogP contribution >= 0.6 is 0 Å². The molecule has 0 saturated heterocycles. The van der Waals surface area contributed by atoms with Gasteiger partial charge in [-0.1, -0.05) is 0 Å². The highest BCUT2D eigenvalue weighted by Crippen LogP contribution is 2.11. The summed E-state index contributed by atoms with van der Waals surface area (Å²) in [4.78, 5) is 11.6. The van der Waals surface area contributed by atoms with Gasteiger partial charge in [0.15, 0.2) is 0 Å². The minimum absolute atomic E-state index is 0.0154. The third-order valence-corrected chi connectivity index (χ3v) is 2.81. The SMILES string of the molecule is Cn1ccn(CCCOc2ccc(C#N)cc2)c1=O. The summed E-state index contributed by atoms with van der Waals surface area (Å²) in [5.41, 5.74) is 0.599. The summed E-state index contributed by atoms with van der Waals surface area (Å²) in [7, 11) is 1.73. The van der Waals surface area contributed by atoms with Gasteiger partial charge in [0.2, 0.25) is 0 Å². The molecule has 0 amide bonds. The van der Waals surface area contributed by atoms with Gasteiger partial charge in [0, 0.05) is 26.0 Å². The Morgan fingerprint density at radius 3 is 2.58 bits per heavy atom. The number of imidazole rings is 1. The molecular formula is C14H15N3O2. The maximum absolute atomic E-state index is 11.6. The normalized spacial score (nSPS) is 10.1. The molecule has 0 aliphatic heterocycles. The first-order chi connectivity index (χ1) is 9.20. The Morgan fingerprint density at radius 2 is 2.00 bits per heavy atom. The number of benzene rings is 1. The highest BCUT2D eigenvalue weighted by atomic mass is 16.5. The van der Waals surface area contributed by atoms with Crippen molar-refractivity contribution in [3.63, 3.8) is 0 Å². The predicted octanol–water partition coefficient (Wildman–Crippen LogP) is 1.53. The zero-order valence-electron chi connectivity index (χ0n) is 10.7. The molecule has 5 nitrogen and oxygen atoms in total. The van der Waals surface area contributed by atoms with Crippen LogP contribution in [-0.2, 0) is 13.6 Å². The van der Waals surface area contributed by atoms with Gasteiger partial charge < -0.3 is 9.30 Å². The van der Waals surface area contributed by atoms with E-state index in [0.717, 1.165) is 12.2 Å². The lowest BCUT2D eigenvalue weighted by molar-refractivity contribution is 0.301. The fourth-order valence-electron chi connectivity index (χ4n) is 1.73. The molecule has 0 aliphatic rings. The summed E-state index contributed by atoms with van der Waals surface area (Å²) in [6, 6.07) is 9.04. The first-order valence-electron chi connectivity index (χ1n) is 6.05. The van der Waals surface area contributed by atoms with E-state index in [2.05, 4.69) is 6.07 Å². The van der Waals surface area contributed by atoms with Gasteiger partial charge in [0.1, 0.15) is 5.75 Å². The number of hydrogen-bond acceptors (Lipinski definition) is 3. The van der Waals surface area contributed by atoms with Crippen molar-refractivity contribution in [1.29, 1.82) is 5.26 Å². The maximum Gasteiger partial charge on any atom is 0.327 e. The van der Waals surface area contributed by atoms with Gasteiger partial charge in [0.05, 0.1) is 18.2 Å². The first-order valence-corrected chi connectivity index (χ1v) is 6.05. The van der Waals surface area contributed by atoms with E-state index in [1.807, 2.05) is 0 Å². The van der Waals surface area contributed by atoms with Crippen LogP contribution < -0.4 is 10.4 Å². The van der Waals surface area contributed by atoms with E-state index < -0.39 is 0 Å². The standard InChI is InChI=1S/C14H15N3O2/c1-16-8-9-17(14(16)18)7-2-10-19-13-5-3-12(11-15)4-6-13/h3-6,8-9H,2,7,10H2,1H3. The molecule has 0 aliphatic carbocycles. The second-order valence-electron chi connectivity index (χ2n) is 4.22. The molecule has 1 aromatic carbocycles. The van der Waals surface area contributed by atoms with E-state index in [-0.39, 0.29) is 5.69 Å². The summed E-state index contributed by atoms with van der Waals surface area (Å²) in [6.07, 6.45) is 4.26. The van der Waals surface area contributed by atoms with Crippen LogP contribution in [0.1, 0.15) is 12.0 Å². The van der Waals surface area contributed by atoms with Gasteiger partial charge in [-0.25, -0.2) is 4.79 Å². The second-order valence-corrected chi connectivity index (χ2v) is 4.22.